The molecule has 4 heteroatoms. The molecular formula is C13H16O4. The fourth-order valence-corrected chi connectivity index (χ4v) is 1.64. The van der Waals surface area contributed by atoms with Gasteiger partial charge in [0.2, 0.25) is 0 Å². The first-order chi connectivity index (χ1) is 8.34. The highest BCUT2D eigenvalue weighted by Gasteiger charge is 2.20. The SMILES string of the molecule is O=C1OCC(CCOCc2ccccc2)CO1. The van der Waals surface area contributed by atoms with E-state index in [9.17, 15) is 4.79 Å². The van der Waals surface area contributed by atoms with Crippen LogP contribution in [0.15, 0.2) is 30.3 Å². The minimum Gasteiger partial charge on any atom is -0.434 e. The molecule has 2 rings (SSSR count). The number of carbonyl (C=O) groups is 1. The zero-order valence-electron chi connectivity index (χ0n) is 9.63. The predicted molar refractivity (Wildman–Crippen MR) is 61.5 cm³/mol. The van der Waals surface area contributed by atoms with E-state index in [0.29, 0.717) is 26.4 Å². The lowest BCUT2D eigenvalue weighted by atomic mass is 10.1. The summed E-state index contributed by atoms with van der Waals surface area (Å²) in [4.78, 5) is 10.6. The molecule has 1 heterocycles. The molecule has 0 radical (unpaired) electrons. The summed E-state index contributed by atoms with van der Waals surface area (Å²) in [5.74, 6) is 0.253. The van der Waals surface area contributed by atoms with Crippen LogP contribution < -0.4 is 0 Å². The van der Waals surface area contributed by atoms with Gasteiger partial charge in [-0.15, -0.1) is 0 Å². The number of carbonyl (C=O) groups excluding carboxylic acids is 1. The Morgan fingerprint density at radius 2 is 1.88 bits per heavy atom. The van der Waals surface area contributed by atoms with E-state index in [2.05, 4.69) is 0 Å². The van der Waals surface area contributed by atoms with Crippen LogP contribution in [0, 0.1) is 5.92 Å². The standard InChI is InChI=1S/C13H16O4/c14-13-16-9-12(10-17-13)6-7-15-8-11-4-2-1-3-5-11/h1-5,12H,6-10H2. The molecule has 0 N–H and O–H groups in total. The quantitative estimate of drug-likeness (QED) is 0.581. The molecule has 0 saturated carbocycles. The monoisotopic (exact) mass is 236 g/mol. The van der Waals surface area contributed by atoms with Crippen molar-refractivity contribution in [3.8, 4) is 0 Å². The number of hydrogen-bond donors (Lipinski definition) is 0. The Morgan fingerprint density at radius 1 is 1.18 bits per heavy atom. The molecule has 1 aromatic rings. The van der Waals surface area contributed by atoms with Crippen LogP contribution in [0.25, 0.3) is 0 Å². The normalized spacial score (nSPS) is 16.4. The minimum atomic E-state index is -0.563. The van der Waals surface area contributed by atoms with Crippen LogP contribution in [0.1, 0.15) is 12.0 Å². The highest BCUT2D eigenvalue weighted by atomic mass is 16.7. The molecule has 1 aliphatic heterocycles. The highest BCUT2D eigenvalue weighted by Crippen LogP contribution is 2.12. The molecule has 1 saturated heterocycles. The van der Waals surface area contributed by atoms with Crippen molar-refractivity contribution in [3.63, 3.8) is 0 Å². The summed E-state index contributed by atoms with van der Waals surface area (Å²) in [5.41, 5.74) is 1.17. The van der Waals surface area contributed by atoms with E-state index in [0.717, 1.165) is 6.42 Å². The van der Waals surface area contributed by atoms with Gasteiger partial charge in [-0.2, -0.15) is 0 Å². The third-order valence-electron chi connectivity index (χ3n) is 2.66. The Labute approximate surface area is 100 Å². The minimum absolute atomic E-state index is 0.253. The van der Waals surface area contributed by atoms with Gasteiger partial charge >= 0.3 is 6.16 Å². The van der Waals surface area contributed by atoms with Crippen molar-refractivity contribution in [1.29, 1.82) is 0 Å². The van der Waals surface area contributed by atoms with E-state index in [4.69, 9.17) is 14.2 Å². The predicted octanol–water partition coefficient (Wildman–Crippen LogP) is 2.38. The maximum atomic E-state index is 10.6. The topological polar surface area (TPSA) is 44.8 Å². The van der Waals surface area contributed by atoms with Crippen molar-refractivity contribution < 1.29 is 19.0 Å². The molecule has 17 heavy (non-hydrogen) atoms. The number of rotatable bonds is 5. The number of hydrogen-bond acceptors (Lipinski definition) is 4. The van der Waals surface area contributed by atoms with E-state index < -0.39 is 6.16 Å². The van der Waals surface area contributed by atoms with E-state index in [1.165, 1.54) is 5.56 Å². The van der Waals surface area contributed by atoms with Crippen LogP contribution in [-0.4, -0.2) is 26.0 Å². The summed E-state index contributed by atoms with van der Waals surface area (Å²) in [6.07, 6.45) is 0.284. The van der Waals surface area contributed by atoms with Gasteiger partial charge in [-0.25, -0.2) is 4.79 Å². The lowest BCUT2D eigenvalue weighted by molar-refractivity contribution is -0.0223. The molecule has 92 valence electrons. The summed E-state index contributed by atoms with van der Waals surface area (Å²) >= 11 is 0. The lowest BCUT2D eigenvalue weighted by Crippen LogP contribution is -2.28. The van der Waals surface area contributed by atoms with Gasteiger partial charge in [0, 0.05) is 12.5 Å². The molecule has 1 aliphatic rings. The summed E-state index contributed by atoms with van der Waals surface area (Å²) < 4.78 is 15.1. The Bertz CT molecular complexity index is 340. The third kappa shape index (κ3) is 4.07. The van der Waals surface area contributed by atoms with Gasteiger partial charge in [-0.05, 0) is 12.0 Å². The molecule has 0 aliphatic carbocycles. The van der Waals surface area contributed by atoms with Gasteiger partial charge < -0.3 is 14.2 Å². The van der Waals surface area contributed by atoms with Crippen LogP contribution in [-0.2, 0) is 20.8 Å². The van der Waals surface area contributed by atoms with Gasteiger partial charge in [0.25, 0.3) is 0 Å². The molecule has 0 spiro atoms. The van der Waals surface area contributed by atoms with E-state index in [1.807, 2.05) is 30.3 Å². The second-order valence-corrected chi connectivity index (χ2v) is 4.06. The lowest BCUT2D eigenvalue weighted by Gasteiger charge is -2.21. The molecule has 0 unspecified atom stereocenters. The molecule has 0 aromatic heterocycles. The van der Waals surface area contributed by atoms with Crippen molar-refractivity contribution in [2.45, 2.75) is 13.0 Å². The van der Waals surface area contributed by atoms with Crippen LogP contribution in [0.2, 0.25) is 0 Å². The van der Waals surface area contributed by atoms with E-state index in [1.54, 1.807) is 0 Å². The van der Waals surface area contributed by atoms with Crippen molar-refractivity contribution in [2.75, 3.05) is 19.8 Å². The van der Waals surface area contributed by atoms with Crippen LogP contribution in [0.3, 0.4) is 0 Å². The maximum absolute atomic E-state index is 10.6. The molecule has 1 aromatic carbocycles. The Kier molecular flexibility index (Phi) is 4.38. The van der Waals surface area contributed by atoms with E-state index in [-0.39, 0.29) is 5.92 Å². The fraction of sp³-hybridized carbons (Fsp3) is 0.462. The second-order valence-electron chi connectivity index (χ2n) is 4.06. The molecule has 0 bridgehead atoms. The Hall–Kier alpha value is -1.55. The van der Waals surface area contributed by atoms with Gasteiger partial charge in [0.1, 0.15) is 13.2 Å². The first kappa shape index (κ1) is 11.9. The third-order valence-corrected chi connectivity index (χ3v) is 2.66. The Morgan fingerprint density at radius 3 is 2.59 bits per heavy atom. The number of ether oxygens (including phenoxy) is 3. The zero-order valence-corrected chi connectivity index (χ0v) is 9.63. The first-order valence-corrected chi connectivity index (χ1v) is 5.76. The van der Waals surface area contributed by atoms with Crippen molar-refractivity contribution in [2.24, 2.45) is 5.92 Å². The molecule has 0 atom stereocenters. The van der Waals surface area contributed by atoms with Gasteiger partial charge in [-0.3, -0.25) is 0 Å². The van der Waals surface area contributed by atoms with Crippen LogP contribution >= 0.6 is 0 Å². The second kappa shape index (κ2) is 6.25. The average Bonchev–Trinajstić information content (AvgIpc) is 2.38. The average molecular weight is 236 g/mol. The summed E-state index contributed by atoms with van der Waals surface area (Å²) in [5, 5.41) is 0. The fourth-order valence-electron chi connectivity index (χ4n) is 1.64. The van der Waals surface area contributed by atoms with Crippen LogP contribution in [0.4, 0.5) is 4.79 Å². The summed E-state index contributed by atoms with van der Waals surface area (Å²) in [6.45, 7) is 2.15. The number of benzene rings is 1. The van der Waals surface area contributed by atoms with Crippen molar-refractivity contribution in [3.05, 3.63) is 35.9 Å². The first-order valence-electron chi connectivity index (χ1n) is 5.76. The van der Waals surface area contributed by atoms with Crippen molar-refractivity contribution >= 4 is 6.16 Å². The largest absolute Gasteiger partial charge is 0.508 e. The van der Waals surface area contributed by atoms with Crippen molar-refractivity contribution in [1.82, 2.24) is 0 Å². The molecule has 4 nitrogen and oxygen atoms in total. The number of cyclic esters (lactones) is 2. The van der Waals surface area contributed by atoms with E-state index >= 15 is 0 Å². The molecule has 1 fully saturated rings. The van der Waals surface area contributed by atoms with Gasteiger partial charge in [-0.1, -0.05) is 30.3 Å². The van der Waals surface area contributed by atoms with Gasteiger partial charge in [0.05, 0.1) is 6.61 Å². The summed E-state index contributed by atoms with van der Waals surface area (Å²) in [6, 6.07) is 10.0. The van der Waals surface area contributed by atoms with Gasteiger partial charge in [0.15, 0.2) is 0 Å². The Balaban J connectivity index is 1.59. The smallest absolute Gasteiger partial charge is 0.434 e. The molecule has 0 amide bonds. The summed E-state index contributed by atoms with van der Waals surface area (Å²) in [7, 11) is 0. The highest BCUT2D eigenvalue weighted by molar-refractivity contribution is 5.60. The van der Waals surface area contributed by atoms with Crippen LogP contribution in [0.5, 0.6) is 0 Å². The molecular weight excluding hydrogens is 220 g/mol. The zero-order chi connectivity index (χ0) is 11.9. The maximum Gasteiger partial charge on any atom is 0.508 e.